The van der Waals surface area contributed by atoms with Crippen LogP contribution >= 0.6 is 0 Å². The van der Waals surface area contributed by atoms with E-state index in [0.29, 0.717) is 0 Å². The summed E-state index contributed by atoms with van der Waals surface area (Å²) >= 11 is 0. The van der Waals surface area contributed by atoms with E-state index in [4.69, 9.17) is 0 Å². The smallest absolute Gasteiger partial charge is 0.0124 e. The van der Waals surface area contributed by atoms with Gasteiger partial charge in [-0.05, 0) is 56.4 Å². The third kappa shape index (κ3) is 4.48. The highest BCUT2D eigenvalue weighted by atomic mass is 14.9. The van der Waals surface area contributed by atoms with Crippen molar-refractivity contribution in [2.45, 2.75) is 90.5 Å². The van der Waals surface area contributed by atoms with Gasteiger partial charge in [-0.3, -0.25) is 0 Å². The first-order valence-electron chi connectivity index (χ1n) is 9.08. The molecule has 1 heteroatoms. The fourth-order valence-corrected chi connectivity index (χ4v) is 4.48. The molecule has 2 aliphatic rings. The molecule has 0 saturated heterocycles. The minimum absolute atomic E-state index is 0.845. The lowest BCUT2D eigenvalue weighted by Gasteiger charge is -2.40. The van der Waals surface area contributed by atoms with Gasteiger partial charge in [0.1, 0.15) is 0 Å². The Morgan fingerprint density at radius 2 is 1.47 bits per heavy atom. The molecular weight excluding hydrogens is 230 g/mol. The summed E-state index contributed by atoms with van der Waals surface area (Å²) in [4.78, 5) is 0. The molecule has 1 atom stereocenters. The second-order valence-corrected chi connectivity index (χ2v) is 7.07. The summed E-state index contributed by atoms with van der Waals surface area (Å²) in [5.74, 6) is 3.01. The molecule has 0 aromatic heterocycles. The third-order valence-corrected chi connectivity index (χ3v) is 5.76. The summed E-state index contributed by atoms with van der Waals surface area (Å²) in [7, 11) is 0. The Morgan fingerprint density at radius 3 is 2.05 bits per heavy atom. The molecule has 0 radical (unpaired) electrons. The van der Waals surface area contributed by atoms with Crippen molar-refractivity contribution in [2.75, 3.05) is 6.54 Å². The van der Waals surface area contributed by atoms with E-state index in [2.05, 4.69) is 19.2 Å². The number of hydrogen-bond donors (Lipinski definition) is 1. The summed E-state index contributed by atoms with van der Waals surface area (Å²) < 4.78 is 0. The molecule has 0 spiro atoms. The van der Waals surface area contributed by atoms with Crippen LogP contribution in [0.15, 0.2) is 0 Å². The topological polar surface area (TPSA) is 12.0 Å². The van der Waals surface area contributed by atoms with E-state index >= 15 is 0 Å². The maximum Gasteiger partial charge on any atom is 0.0124 e. The first-order chi connectivity index (χ1) is 9.35. The predicted octanol–water partition coefficient (Wildman–Crippen LogP) is 5.15. The standard InChI is InChI=1S/C18H35N/c1-3-14-19-18(16-8-6-5-7-9-16)17-12-10-15(4-2)11-13-17/h15-19H,3-14H2,1-2H3. The van der Waals surface area contributed by atoms with E-state index in [0.717, 1.165) is 23.8 Å². The molecule has 1 nitrogen and oxygen atoms in total. The Morgan fingerprint density at radius 1 is 0.842 bits per heavy atom. The Labute approximate surface area is 120 Å². The van der Waals surface area contributed by atoms with Crippen LogP contribution in [0.3, 0.4) is 0 Å². The van der Waals surface area contributed by atoms with E-state index < -0.39 is 0 Å². The van der Waals surface area contributed by atoms with Crippen LogP contribution in [0.2, 0.25) is 0 Å². The lowest BCUT2D eigenvalue weighted by Crippen LogP contribution is -2.44. The van der Waals surface area contributed by atoms with Crippen molar-refractivity contribution >= 4 is 0 Å². The molecule has 2 aliphatic carbocycles. The Balaban J connectivity index is 1.88. The summed E-state index contributed by atoms with van der Waals surface area (Å²) in [6.45, 7) is 5.91. The fourth-order valence-electron chi connectivity index (χ4n) is 4.48. The van der Waals surface area contributed by atoms with Crippen molar-refractivity contribution in [2.24, 2.45) is 17.8 Å². The van der Waals surface area contributed by atoms with Crippen LogP contribution in [-0.2, 0) is 0 Å². The summed E-state index contributed by atoms with van der Waals surface area (Å²) in [6, 6.07) is 0.845. The van der Waals surface area contributed by atoms with Crippen LogP contribution in [0.25, 0.3) is 0 Å². The zero-order valence-corrected chi connectivity index (χ0v) is 13.3. The van der Waals surface area contributed by atoms with Gasteiger partial charge in [-0.2, -0.15) is 0 Å². The van der Waals surface area contributed by atoms with Crippen molar-refractivity contribution in [1.82, 2.24) is 5.32 Å². The minimum atomic E-state index is 0.845. The molecule has 19 heavy (non-hydrogen) atoms. The molecule has 0 heterocycles. The largest absolute Gasteiger partial charge is 0.313 e. The second kappa shape index (κ2) is 8.29. The normalized spacial score (nSPS) is 31.3. The van der Waals surface area contributed by atoms with Gasteiger partial charge in [-0.25, -0.2) is 0 Å². The SMILES string of the molecule is CCCNC(C1CCCCC1)C1CCC(CC)CC1. The quantitative estimate of drug-likeness (QED) is 0.700. The molecule has 2 saturated carbocycles. The fraction of sp³-hybridized carbons (Fsp3) is 1.00. The van der Waals surface area contributed by atoms with E-state index in [-0.39, 0.29) is 0 Å². The molecule has 0 aliphatic heterocycles. The van der Waals surface area contributed by atoms with Gasteiger partial charge < -0.3 is 5.32 Å². The molecule has 0 aromatic rings. The molecule has 1 N–H and O–H groups in total. The maximum absolute atomic E-state index is 3.94. The highest BCUT2D eigenvalue weighted by Gasteiger charge is 2.32. The molecule has 2 fully saturated rings. The van der Waals surface area contributed by atoms with Crippen molar-refractivity contribution in [3.05, 3.63) is 0 Å². The zero-order chi connectivity index (χ0) is 13.5. The van der Waals surface area contributed by atoms with Crippen LogP contribution in [0.4, 0.5) is 0 Å². The highest BCUT2D eigenvalue weighted by Crippen LogP contribution is 2.38. The molecular formula is C18H35N. The van der Waals surface area contributed by atoms with Gasteiger partial charge in [-0.15, -0.1) is 0 Å². The van der Waals surface area contributed by atoms with Crippen LogP contribution in [-0.4, -0.2) is 12.6 Å². The van der Waals surface area contributed by atoms with E-state index in [9.17, 15) is 0 Å². The lowest BCUT2D eigenvalue weighted by molar-refractivity contribution is 0.151. The number of hydrogen-bond acceptors (Lipinski definition) is 1. The average molecular weight is 265 g/mol. The van der Waals surface area contributed by atoms with Crippen molar-refractivity contribution < 1.29 is 0 Å². The maximum atomic E-state index is 3.94. The highest BCUT2D eigenvalue weighted by molar-refractivity contribution is 4.87. The van der Waals surface area contributed by atoms with Crippen LogP contribution in [0.5, 0.6) is 0 Å². The van der Waals surface area contributed by atoms with Gasteiger partial charge in [0.15, 0.2) is 0 Å². The van der Waals surface area contributed by atoms with Crippen LogP contribution in [0, 0.1) is 17.8 Å². The zero-order valence-electron chi connectivity index (χ0n) is 13.3. The average Bonchev–Trinajstić information content (AvgIpc) is 2.49. The van der Waals surface area contributed by atoms with Crippen LogP contribution < -0.4 is 5.32 Å². The molecule has 1 unspecified atom stereocenters. The molecule has 0 bridgehead atoms. The third-order valence-electron chi connectivity index (χ3n) is 5.76. The van der Waals surface area contributed by atoms with Gasteiger partial charge in [-0.1, -0.05) is 52.4 Å². The van der Waals surface area contributed by atoms with Crippen LogP contribution in [0.1, 0.15) is 84.5 Å². The van der Waals surface area contributed by atoms with E-state index in [1.165, 1.54) is 77.2 Å². The van der Waals surface area contributed by atoms with Gasteiger partial charge in [0.25, 0.3) is 0 Å². The van der Waals surface area contributed by atoms with Crippen molar-refractivity contribution in [3.8, 4) is 0 Å². The Hall–Kier alpha value is -0.0400. The van der Waals surface area contributed by atoms with Gasteiger partial charge >= 0.3 is 0 Å². The molecule has 2 rings (SSSR count). The van der Waals surface area contributed by atoms with Gasteiger partial charge in [0.05, 0.1) is 0 Å². The van der Waals surface area contributed by atoms with Gasteiger partial charge in [0.2, 0.25) is 0 Å². The summed E-state index contributed by atoms with van der Waals surface area (Å²) in [6.07, 6.45) is 16.1. The first-order valence-corrected chi connectivity index (χ1v) is 9.08. The number of rotatable bonds is 6. The monoisotopic (exact) mass is 265 g/mol. The Kier molecular flexibility index (Phi) is 6.70. The summed E-state index contributed by atoms with van der Waals surface area (Å²) in [5.41, 5.74) is 0. The van der Waals surface area contributed by atoms with Gasteiger partial charge in [0, 0.05) is 6.04 Å². The molecule has 0 amide bonds. The first kappa shape index (κ1) is 15.4. The second-order valence-electron chi connectivity index (χ2n) is 7.07. The lowest BCUT2D eigenvalue weighted by atomic mass is 9.71. The van der Waals surface area contributed by atoms with E-state index in [1.54, 1.807) is 0 Å². The number of nitrogens with one attached hydrogen (secondary N) is 1. The van der Waals surface area contributed by atoms with E-state index in [1.807, 2.05) is 0 Å². The van der Waals surface area contributed by atoms with Crippen molar-refractivity contribution in [1.29, 1.82) is 0 Å². The summed E-state index contributed by atoms with van der Waals surface area (Å²) in [5, 5.41) is 3.94. The molecule has 0 aromatic carbocycles. The minimum Gasteiger partial charge on any atom is -0.313 e. The van der Waals surface area contributed by atoms with Crippen molar-refractivity contribution in [3.63, 3.8) is 0 Å². The Bertz CT molecular complexity index is 224. The molecule has 112 valence electrons. The predicted molar refractivity (Wildman–Crippen MR) is 84.4 cm³/mol.